The predicted molar refractivity (Wildman–Crippen MR) is 96.7 cm³/mol. The lowest BCUT2D eigenvalue weighted by molar-refractivity contribution is -0.143. The number of primary sulfonamides is 1. The maximum Gasteiger partial charge on any atom is 0.305 e. The van der Waals surface area contributed by atoms with E-state index >= 15 is 0 Å². The van der Waals surface area contributed by atoms with Crippen LogP contribution in [0.2, 0.25) is 0 Å². The third-order valence-electron chi connectivity index (χ3n) is 3.86. The molecule has 1 atom stereocenters. The molecule has 1 aromatic rings. The van der Waals surface area contributed by atoms with Crippen molar-refractivity contribution in [1.82, 2.24) is 9.62 Å². The van der Waals surface area contributed by atoms with Crippen LogP contribution in [0.4, 0.5) is 0 Å². The highest BCUT2D eigenvalue weighted by molar-refractivity contribution is 7.94. The Morgan fingerprint density at radius 1 is 1.46 bits per heavy atom. The highest BCUT2D eigenvalue weighted by Gasteiger charge is 2.39. The standard InChI is InChI=1S/C14H23N3O6S3/c1-3-16-11-9-17(7-5-6-12(18)23-4-2)26(21,22)14-10(11)8-13(24-14)25(15,19)20/h8,11,16H,3-7,9H2,1-2H3,(H2,15,19,20)/t11-/m0/s1. The Labute approximate surface area is 157 Å². The Balaban J connectivity index is 2.28. The number of carbonyl (C=O) groups is 1. The minimum absolute atomic E-state index is 0.0186. The predicted octanol–water partition coefficient (Wildman–Crippen LogP) is 0.394. The molecule has 2 heterocycles. The normalized spacial score (nSPS) is 19.9. The van der Waals surface area contributed by atoms with Gasteiger partial charge in [-0.1, -0.05) is 6.92 Å². The first-order valence-corrected chi connectivity index (χ1v) is 12.0. The number of rotatable bonds is 8. The number of sulfonamides is 2. The number of nitrogens with two attached hydrogens (primary N) is 1. The Kier molecular flexibility index (Phi) is 6.80. The van der Waals surface area contributed by atoms with Crippen molar-refractivity contribution in [3.63, 3.8) is 0 Å². The molecule has 12 heteroatoms. The van der Waals surface area contributed by atoms with E-state index in [-0.39, 0.29) is 46.5 Å². The topological polar surface area (TPSA) is 136 Å². The number of nitrogens with one attached hydrogen (secondary N) is 1. The number of fused-ring (bicyclic) bond motifs is 1. The van der Waals surface area contributed by atoms with E-state index in [1.165, 1.54) is 10.4 Å². The summed E-state index contributed by atoms with van der Waals surface area (Å²) in [6.07, 6.45) is 0.436. The van der Waals surface area contributed by atoms with Crippen LogP contribution < -0.4 is 10.5 Å². The van der Waals surface area contributed by atoms with Crippen molar-refractivity contribution >= 4 is 37.4 Å². The number of hydrogen-bond acceptors (Lipinski definition) is 8. The zero-order valence-corrected chi connectivity index (χ0v) is 17.0. The number of ether oxygens (including phenoxy) is 1. The molecule has 0 aromatic carbocycles. The fourth-order valence-electron chi connectivity index (χ4n) is 2.73. The summed E-state index contributed by atoms with van der Waals surface area (Å²) < 4.78 is 54.9. The lowest BCUT2D eigenvalue weighted by Gasteiger charge is -2.32. The van der Waals surface area contributed by atoms with Gasteiger partial charge in [-0.2, -0.15) is 4.31 Å². The van der Waals surface area contributed by atoms with Gasteiger partial charge in [0.2, 0.25) is 10.0 Å². The van der Waals surface area contributed by atoms with Crippen molar-refractivity contribution in [2.45, 2.75) is 41.1 Å². The highest BCUT2D eigenvalue weighted by atomic mass is 32.3. The number of nitrogens with zero attached hydrogens (tertiary/aromatic N) is 1. The maximum absolute atomic E-state index is 12.9. The molecule has 0 amide bonds. The summed E-state index contributed by atoms with van der Waals surface area (Å²) in [5, 5.41) is 8.32. The van der Waals surface area contributed by atoms with Crippen LogP contribution >= 0.6 is 11.3 Å². The van der Waals surface area contributed by atoms with Gasteiger partial charge in [-0.05, 0) is 26.0 Å². The molecule has 0 bridgehead atoms. The van der Waals surface area contributed by atoms with Gasteiger partial charge in [0.1, 0.15) is 8.42 Å². The van der Waals surface area contributed by atoms with Crippen LogP contribution in [0.3, 0.4) is 0 Å². The van der Waals surface area contributed by atoms with Crippen molar-refractivity contribution in [2.24, 2.45) is 5.14 Å². The summed E-state index contributed by atoms with van der Waals surface area (Å²) in [7, 11) is -7.83. The van der Waals surface area contributed by atoms with Gasteiger partial charge < -0.3 is 10.1 Å². The van der Waals surface area contributed by atoms with E-state index in [1.54, 1.807) is 6.92 Å². The first-order valence-electron chi connectivity index (χ1n) is 8.17. The summed E-state index contributed by atoms with van der Waals surface area (Å²) >= 11 is 0.656. The maximum atomic E-state index is 12.9. The van der Waals surface area contributed by atoms with Gasteiger partial charge in [0, 0.05) is 31.1 Å². The summed E-state index contributed by atoms with van der Waals surface area (Å²) in [5.41, 5.74) is 0.419. The number of carbonyl (C=O) groups excluding carboxylic acids is 1. The van der Waals surface area contributed by atoms with Crippen molar-refractivity contribution in [3.05, 3.63) is 11.6 Å². The first-order chi connectivity index (χ1) is 12.1. The molecule has 26 heavy (non-hydrogen) atoms. The van der Waals surface area contributed by atoms with Crippen LogP contribution in [0.25, 0.3) is 0 Å². The second-order valence-corrected chi connectivity index (χ2v) is 10.7. The van der Waals surface area contributed by atoms with Crippen LogP contribution in [-0.2, 0) is 29.6 Å². The molecule has 3 N–H and O–H groups in total. The monoisotopic (exact) mass is 425 g/mol. The minimum Gasteiger partial charge on any atom is -0.466 e. The summed E-state index contributed by atoms with van der Waals surface area (Å²) in [6.45, 7) is 4.74. The van der Waals surface area contributed by atoms with Crippen molar-refractivity contribution in [2.75, 3.05) is 26.2 Å². The molecule has 0 fully saturated rings. The molecule has 0 saturated carbocycles. The SMILES string of the molecule is CCN[C@H]1CN(CCCC(=O)OCC)S(=O)(=O)c2sc(S(N)(=O)=O)cc21. The zero-order chi connectivity index (χ0) is 19.5. The number of thiophene rings is 1. The van der Waals surface area contributed by atoms with Gasteiger partial charge in [0.25, 0.3) is 10.0 Å². The van der Waals surface area contributed by atoms with Gasteiger partial charge >= 0.3 is 5.97 Å². The number of likely N-dealkylation sites (N-methyl/N-ethyl adjacent to an activating group) is 1. The first kappa shape index (κ1) is 21.3. The summed E-state index contributed by atoms with van der Waals surface area (Å²) in [6, 6.07) is 0.990. The fourth-order valence-corrected chi connectivity index (χ4v) is 7.04. The van der Waals surface area contributed by atoms with E-state index in [2.05, 4.69) is 5.32 Å². The van der Waals surface area contributed by atoms with Crippen LogP contribution in [-0.4, -0.2) is 53.4 Å². The Bertz CT molecular complexity index is 862. The van der Waals surface area contributed by atoms with Crippen LogP contribution in [0.15, 0.2) is 14.5 Å². The van der Waals surface area contributed by atoms with E-state index < -0.39 is 20.0 Å². The lowest BCUT2D eigenvalue weighted by atomic mass is 10.1. The third-order valence-corrected chi connectivity index (χ3v) is 8.83. The molecular weight excluding hydrogens is 402 g/mol. The van der Waals surface area contributed by atoms with E-state index in [0.29, 0.717) is 29.9 Å². The minimum atomic E-state index is -3.99. The average Bonchev–Trinajstić information content (AvgIpc) is 2.99. The molecule has 148 valence electrons. The molecule has 2 rings (SSSR count). The third kappa shape index (κ3) is 4.61. The van der Waals surface area contributed by atoms with Crippen molar-refractivity contribution < 1.29 is 26.4 Å². The molecule has 1 aromatic heterocycles. The van der Waals surface area contributed by atoms with E-state index in [0.717, 1.165) is 0 Å². The molecule has 0 unspecified atom stereocenters. The van der Waals surface area contributed by atoms with Crippen molar-refractivity contribution in [1.29, 1.82) is 0 Å². The molecule has 1 aliphatic heterocycles. The van der Waals surface area contributed by atoms with Crippen molar-refractivity contribution in [3.8, 4) is 0 Å². The summed E-state index contributed by atoms with van der Waals surface area (Å²) in [5.74, 6) is -0.376. The molecule has 0 spiro atoms. The molecule has 0 saturated heterocycles. The Morgan fingerprint density at radius 2 is 2.15 bits per heavy atom. The van der Waals surface area contributed by atoms with E-state index in [9.17, 15) is 21.6 Å². The van der Waals surface area contributed by atoms with Crippen LogP contribution in [0.5, 0.6) is 0 Å². The average molecular weight is 426 g/mol. The van der Waals surface area contributed by atoms with Crippen LogP contribution in [0, 0.1) is 0 Å². The smallest absolute Gasteiger partial charge is 0.305 e. The highest BCUT2D eigenvalue weighted by Crippen LogP contribution is 2.39. The Hall–Kier alpha value is -1.05. The second-order valence-electron chi connectivity index (χ2n) is 5.74. The number of hydrogen-bond donors (Lipinski definition) is 2. The zero-order valence-electron chi connectivity index (χ0n) is 14.6. The fraction of sp³-hybridized carbons (Fsp3) is 0.643. The van der Waals surface area contributed by atoms with Gasteiger partial charge in [-0.3, -0.25) is 4.79 Å². The molecule has 0 radical (unpaired) electrons. The van der Waals surface area contributed by atoms with Gasteiger partial charge in [-0.25, -0.2) is 22.0 Å². The lowest BCUT2D eigenvalue weighted by Crippen LogP contribution is -2.43. The largest absolute Gasteiger partial charge is 0.466 e. The summed E-state index contributed by atoms with van der Waals surface area (Å²) in [4.78, 5) is 11.4. The molecular formula is C14H23N3O6S3. The molecule has 9 nitrogen and oxygen atoms in total. The van der Waals surface area contributed by atoms with Crippen LogP contribution in [0.1, 0.15) is 38.3 Å². The van der Waals surface area contributed by atoms with E-state index in [4.69, 9.17) is 9.88 Å². The van der Waals surface area contributed by atoms with Gasteiger partial charge in [0.15, 0.2) is 0 Å². The quantitative estimate of drug-likeness (QED) is 0.575. The molecule has 1 aliphatic rings. The van der Waals surface area contributed by atoms with Gasteiger partial charge in [0.05, 0.1) is 6.61 Å². The van der Waals surface area contributed by atoms with Gasteiger partial charge in [-0.15, -0.1) is 11.3 Å². The Morgan fingerprint density at radius 3 is 2.73 bits per heavy atom. The second kappa shape index (κ2) is 8.31. The van der Waals surface area contributed by atoms with E-state index in [1.807, 2.05) is 6.92 Å². The molecule has 0 aliphatic carbocycles. The number of esters is 1.